The molecule has 0 saturated heterocycles. The summed E-state index contributed by atoms with van der Waals surface area (Å²) in [5.41, 5.74) is 2.29. The maximum Gasteiger partial charge on any atom is 0.0739 e. The summed E-state index contributed by atoms with van der Waals surface area (Å²) in [4.78, 5) is 0. The van der Waals surface area contributed by atoms with Crippen molar-refractivity contribution in [3.05, 3.63) is 15.9 Å². The molecule has 5 heteroatoms. The maximum absolute atomic E-state index is 8.96. The fourth-order valence-corrected chi connectivity index (χ4v) is 2.26. The first-order chi connectivity index (χ1) is 7.87. The molecule has 0 aliphatic heterocycles. The molecule has 1 aromatic heterocycles. The van der Waals surface area contributed by atoms with Gasteiger partial charge in [0.05, 0.1) is 15.9 Å². The highest BCUT2D eigenvalue weighted by Crippen LogP contribution is 2.21. The van der Waals surface area contributed by atoms with Crippen LogP contribution in [0, 0.1) is 12.3 Å². The molecule has 4 nitrogen and oxygen atoms in total. The van der Waals surface area contributed by atoms with Crippen LogP contribution in [0.2, 0.25) is 0 Å². The van der Waals surface area contributed by atoms with Gasteiger partial charge in [-0.25, -0.2) is 0 Å². The van der Waals surface area contributed by atoms with Crippen LogP contribution in [0.15, 0.2) is 4.47 Å². The van der Waals surface area contributed by atoms with Crippen molar-refractivity contribution in [2.24, 2.45) is 12.5 Å². The molecule has 1 heterocycles. The van der Waals surface area contributed by atoms with Gasteiger partial charge in [-0.15, -0.1) is 0 Å². The lowest BCUT2D eigenvalue weighted by Gasteiger charge is -2.24. The Labute approximate surface area is 112 Å². The topological polar surface area (TPSA) is 50.1 Å². The Morgan fingerprint density at radius 2 is 2.12 bits per heavy atom. The molecular formula is C12H22BrN3O. The van der Waals surface area contributed by atoms with E-state index in [0.29, 0.717) is 0 Å². The molecule has 1 aromatic rings. The lowest BCUT2D eigenvalue weighted by Crippen LogP contribution is -2.30. The van der Waals surface area contributed by atoms with E-state index in [1.54, 1.807) is 0 Å². The maximum atomic E-state index is 8.96. The lowest BCUT2D eigenvalue weighted by atomic mass is 9.90. The van der Waals surface area contributed by atoms with Crippen molar-refractivity contribution in [2.75, 3.05) is 13.2 Å². The average molecular weight is 304 g/mol. The molecule has 17 heavy (non-hydrogen) atoms. The molecule has 98 valence electrons. The van der Waals surface area contributed by atoms with Crippen molar-refractivity contribution < 1.29 is 5.11 Å². The molecule has 0 amide bonds. The van der Waals surface area contributed by atoms with Crippen molar-refractivity contribution >= 4 is 15.9 Å². The van der Waals surface area contributed by atoms with Crippen LogP contribution in [0.5, 0.6) is 0 Å². The normalized spacial score (nSPS) is 12.1. The number of aryl methyl sites for hydroxylation is 2. The quantitative estimate of drug-likeness (QED) is 0.845. The Balaban J connectivity index is 2.51. The van der Waals surface area contributed by atoms with Gasteiger partial charge in [0.2, 0.25) is 0 Å². The predicted octanol–water partition coefficient (Wildman–Crippen LogP) is 1.99. The van der Waals surface area contributed by atoms with Gasteiger partial charge in [0.1, 0.15) is 0 Å². The molecule has 1 rings (SSSR count). The minimum Gasteiger partial charge on any atom is -0.396 e. The van der Waals surface area contributed by atoms with E-state index >= 15 is 0 Å². The van der Waals surface area contributed by atoms with E-state index in [9.17, 15) is 0 Å². The highest BCUT2D eigenvalue weighted by molar-refractivity contribution is 9.10. The zero-order valence-electron chi connectivity index (χ0n) is 11.0. The van der Waals surface area contributed by atoms with Gasteiger partial charge in [0.25, 0.3) is 0 Å². The van der Waals surface area contributed by atoms with Crippen molar-refractivity contribution in [1.29, 1.82) is 0 Å². The van der Waals surface area contributed by atoms with Gasteiger partial charge >= 0.3 is 0 Å². The fourth-order valence-electron chi connectivity index (χ4n) is 1.78. The number of aliphatic hydroxyl groups is 1. The third-order valence-corrected chi connectivity index (χ3v) is 3.98. The predicted molar refractivity (Wildman–Crippen MR) is 72.8 cm³/mol. The zero-order chi connectivity index (χ0) is 13.1. The van der Waals surface area contributed by atoms with Crippen LogP contribution in [0.25, 0.3) is 0 Å². The largest absolute Gasteiger partial charge is 0.396 e. The molecular weight excluding hydrogens is 282 g/mol. The van der Waals surface area contributed by atoms with E-state index in [1.165, 1.54) is 0 Å². The van der Waals surface area contributed by atoms with E-state index in [0.717, 1.165) is 35.4 Å². The van der Waals surface area contributed by atoms with Gasteiger partial charge in [0, 0.05) is 26.7 Å². The molecule has 0 aromatic carbocycles. The second-order valence-corrected chi connectivity index (χ2v) is 6.00. The van der Waals surface area contributed by atoms with Gasteiger partial charge in [-0.1, -0.05) is 13.8 Å². The van der Waals surface area contributed by atoms with Crippen LogP contribution >= 0.6 is 15.9 Å². The summed E-state index contributed by atoms with van der Waals surface area (Å²) in [6.45, 7) is 8.20. The molecule has 0 fully saturated rings. The van der Waals surface area contributed by atoms with E-state index in [4.69, 9.17) is 5.11 Å². The standard InChI is InChI=1S/C12H22BrN3O/c1-9-11(13)10(16(4)15-9)7-14-8-12(2,3)5-6-17/h14,17H,5-8H2,1-4H3. The highest BCUT2D eigenvalue weighted by Gasteiger charge is 2.17. The minimum atomic E-state index is 0.120. The molecule has 0 radical (unpaired) electrons. The number of aromatic nitrogens is 2. The van der Waals surface area contributed by atoms with Crippen molar-refractivity contribution in [3.63, 3.8) is 0 Å². The third-order valence-electron chi connectivity index (χ3n) is 2.95. The summed E-state index contributed by atoms with van der Waals surface area (Å²) in [7, 11) is 1.95. The zero-order valence-corrected chi connectivity index (χ0v) is 12.6. The molecule has 0 spiro atoms. The molecule has 0 aliphatic rings. The molecule has 0 unspecified atom stereocenters. The first kappa shape index (κ1) is 14.7. The summed E-state index contributed by atoms with van der Waals surface area (Å²) in [5, 5.41) is 16.7. The van der Waals surface area contributed by atoms with Gasteiger partial charge in [-0.3, -0.25) is 4.68 Å². The Kier molecular flexibility index (Phi) is 5.16. The van der Waals surface area contributed by atoms with Gasteiger partial charge in [-0.2, -0.15) is 5.10 Å². The van der Waals surface area contributed by atoms with Crippen LogP contribution in [0.3, 0.4) is 0 Å². The Morgan fingerprint density at radius 1 is 1.47 bits per heavy atom. The second kappa shape index (κ2) is 5.98. The first-order valence-corrected chi connectivity index (χ1v) is 6.66. The smallest absolute Gasteiger partial charge is 0.0739 e. The molecule has 0 bridgehead atoms. The molecule has 2 N–H and O–H groups in total. The molecule has 0 atom stereocenters. The monoisotopic (exact) mass is 303 g/mol. The Hall–Kier alpha value is -0.390. The summed E-state index contributed by atoms with van der Waals surface area (Å²) < 4.78 is 2.97. The van der Waals surface area contributed by atoms with Gasteiger partial charge in [-0.05, 0) is 34.7 Å². The van der Waals surface area contributed by atoms with Crippen molar-refractivity contribution in [2.45, 2.75) is 33.7 Å². The fraction of sp³-hybridized carbons (Fsp3) is 0.750. The van der Waals surface area contributed by atoms with Gasteiger partial charge in [0.15, 0.2) is 0 Å². The number of hydrogen-bond acceptors (Lipinski definition) is 3. The van der Waals surface area contributed by atoms with Crippen LogP contribution < -0.4 is 5.32 Å². The number of halogens is 1. The number of aliphatic hydroxyl groups excluding tert-OH is 1. The summed E-state index contributed by atoms with van der Waals surface area (Å²) >= 11 is 3.55. The van der Waals surface area contributed by atoms with E-state index < -0.39 is 0 Å². The summed E-state index contributed by atoms with van der Waals surface area (Å²) in [6.07, 6.45) is 0.811. The van der Waals surface area contributed by atoms with Crippen LogP contribution in [-0.4, -0.2) is 28.0 Å². The first-order valence-electron chi connectivity index (χ1n) is 5.87. The van der Waals surface area contributed by atoms with Gasteiger partial charge < -0.3 is 10.4 Å². The molecule has 0 aliphatic carbocycles. The molecule has 0 saturated carbocycles. The number of nitrogens with zero attached hydrogens (tertiary/aromatic N) is 2. The number of hydrogen-bond donors (Lipinski definition) is 2. The van der Waals surface area contributed by atoms with E-state index in [2.05, 4.69) is 40.2 Å². The Bertz CT molecular complexity index is 374. The summed E-state index contributed by atoms with van der Waals surface area (Å²) in [6, 6.07) is 0. The lowest BCUT2D eigenvalue weighted by molar-refractivity contribution is 0.206. The Morgan fingerprint density at radius 3 is 2.59 bits per heavy atom. The summed E-state index contributed by atoms with van der Waals surface area (Å²) in [5.74, 6) is 0. The van der Waals surface area contributed by atoms with Crippen LogP contribution in [0.4, 0.5) is 0 Å². The number of nitrogens with one attached hydrogen (secondary N) is 1. The van der Waals surface area contributed by atoms with Crippen molar-refractivity contribution in [1.82, 2.24) is 15.1 Å². The highest BCUT2D eigenvalue weighted by atomic mass is 79.9. The third kappa shape index (κ3) is 4.08. The minimum absolute atomic E-state index is 0.120. The number of rotatable bonds is 6. The van der Waals surface area contributed by atoms with Crippen LogP contribution in [0.1, 0.15) is 31.7 Å². The van der Waals surface area contributed by atoms with E-state index in [-0.39, 0.29) is 12.0 Å². The van der Waals surface area contributed by atoms with E-state index in [1.807, 2.05) is 18.7 Å². The SMILES string of the molecule is Cc1nn(C)c(CNCC(C)(C)CCO)c1Br. The van der Waals surface area contributed by atoms with Crippen molar-refractivity contribution in [3.8, 4) is 0 Å². The average Bonchev–Trinajstić information content (AvgIpc) is 2.44. The van der Waals surface area contributed by atoms with Crippen LogP contribution in [-0.2, 0) is 13.6 Å². The second-order valence-electron chi connectivity index (χ2n) is 5.21.